The third-order valence-corrected chi connectivity index (χ3v) is 3.41. The van der Waals surface area contributed by atoms with E-state index in [1.165, 1.54) is 4.80 Å². The van der Waals surface area contributed by atoms with Gasteiger partial charge in [-0.2, -0.15) is 4.80 Å². The zero-order valence-electron chi connectivity index (χ0n) is 13.6. The van der Waals surface area contributed by atoms with Crippen LogP contribution in [0.2, 0.25) is 0 Å². The van der Waals surface area contributed by atoms with E-state index in [1.54, 1.807) is 6.07 Å². The second-order valence-corrected chi connectivity index (χ2v) is 6.18. The Morgan fingerprint density at radius 1 is 1.30 bits per heavy atom. The molecule has 1 heterocycles. The summed E-state index contributed by atoms with van der Waals surface area (Å²) in [4.78, 5) is 13.6. The molecule has 0 aliphatic carbocycles. The third-order valence-electron chi connectivity index (χ3n) is 3.20. The van der Waals surface area contributed by atoms with E-state index in [4.69, 9.17) is 12.2 Å². The van der Waals surface area contributed by atoms with E-state index in [0.717, 1.165) is 11.1 Å². The zero-order valence-corrected chi connectivity index (χ0v) is 14.4. The molecule has 23 heavy (non-hydrogen) atoms. The Morgan fingerprint density at radius 3 is 2.70 bits per heavy atom. The van der Waals surface area contributed by atoms with Crippen molar-refractivity contribution in [2.45, 2.75) is 34.2 Å². The molecule has 0 atom stereocenters. The van der Waals surface area contributed by atoms with Crippen LogP contribution >= 0.6 is 12.2 Å². The molecule has 0 bridgehead atoms. The number of carbonyl (C=O) groups is 1. The van der Waals surface area contributed by atoms with Gasteiger partial charge in [0, 0.05) is 5.56 Å². The van der Waals surface area contributed by atoms with E-state index < -0.39 is 0 Å². The lowest BCUT2D eigenvalue weighted by atomic mass is 10.1. The monoisotopic (exact) mass is 332 g/mol. The van der Waals surface area contributed by atoms with Crippen molar-refractivity contribution in [3.8, 4) is 0 Å². The summed E-state index contributed by atoms with van der Waals surface area (Å²) in [5.41, 5.74) is 2.73. The van der Waals surface area contributed by atoms with Crippen molar-refractivity contribution >= 4 is 29.2 Å². The quantitative estimate of drug-likeness (QED) is 0.834. The molecular weight excluding hydrogens is 312 g/mol. The topological polar surface area (TPSA) is 84.7 Å². The predicted molar refractivity (Wildman–Crippen MR) is 92.3 cm³/mol. The second-order valence-electron chi connectivity index (χ2n) is 5.77. The summed E-state index contributed by atoms with van der Waals surface area (Å²) in [7, 11) is 0. The predicted octanol–water partition coefficient (Wildman–Crippen LogP) is 2.07. The molecule has 0 unspecified atom stereocenters. The van der Waals surface area contributed by atoms with Crippen molar-refractivity contribution in [2.24, 2.45) is 5.92 Å². The molecule has 0 radical (unpaired) electrons. The molecule has 0 aliphatic rings. The van der Waals surface area contributed by atoms with Gasteiger partial charge >= 0.3 is 0 Å². The third kappa shape index (κ3) is 4.82. The van der Waals surface area contributed by atoms with Gasteiger partial charge in [-0.15, -0.1) is 5.10 Å². The molecule has 1 aromatic carbocycles. The van der Waals surface area contributed by atoms with Gasteiger partial charge in [0.05, 0.1) is 6.54 Å². The van der Waals surface area contributed by atoms with Crippen molar-refractivity contribution in [3.05, 3.63) is 34.9 Å². The lowest BCUT2D eigenvalue weighted by molar-refractivity contribution is 0.0977. The zero-order chi connectivity index (χ0) is 17.0. The van der Waals surface area contributed by atoms with Crippen LogP contribution in [0.1, 0.15) is 35.3 Å². The van der Waals surface area contributed by atoms with Gasteiger partial charge < -0.3 is 0 Å². The highest BCUT2D eigenvalue weighted by atomic mass is 32.1. The number of rotatable bonds is 4. The maximum Gasteiger partial charge on any atom is 0.269 e. The van der Waals surface area contributed by atoms with E-state index in [0.29, 0.717) is 18.0 Å². The van der Waals surface area contributed by atoms with Gasteiger partial charge in [0.2, 0.25) is 0 Å². The molecule has 1 amide bonds. The summed E-state index contributed by atoms with van der Waals surface area (Å²) in [6.45, 7) is 8.74. The minimum Gasteiger partial charge on any atom is -0.299 e. The number of aryl methyl sites for hydroxylation is 2. The average molecular weight is 332 g/mol. The standard InChI is InChI=1S/C15H20N6OS/c1-9(2)8-21-19-14(18-20-21)17-15(23)16-13(22)12-6-5-10(3)11(4)7-12/h5-7,9H,8H2,1-4H3,(H2,16,17,19,22,23). The smallest absolute Gasteiger partial charge is 0.269 e. The number of aromatic nitrogens is 4. The number of carbonyl (C=O) groups excluding carboxylic acids is 1. The number of anilines is 1. The number of amides is 1. The van der Waals surface area contributed by atoms with E-state index in [2.05, 4.69) is 39.9 Å². The molecule has 7 nitrogen and oxygen atoms in total. The Labute approximate surface area is 140 Å². The largest absolute Gasteiger partial charge is 0.299 e. The van der Waals surface area contributed by atoms with E-state index >= 15 is 0 Å². The first-order chi connectivity index (χ1) is 10.8. The van der Waals surface area contributed by atoms with Crippen LogP contribution in [0.4, 0.5) is 5.95 Å². The Hall–Kier alpha value is -2.35. The van der Waals surface area contributed by atoms with E-state index in [1.807, 2.05) is 26.0 Å². The van der Waals surface area contributed by atoms with E-state index in [9.17, 15) is 4.79 Å². The SMILES string of the molecule is Cc1ccc(C(=O)NC(=S)Nc2nnn(CC(C)C)n2)cc1C. The number of hydrogen-bond acceptors (Lipinski definition) is 5. The number of benzene rings is 1. The van der Waals surface area contributed by atoms with Crippen LogP contribution in [0, 0.1) is 19.8 Å². The van der Waals surface area contributed by atoms with Crippen molar-refractivity contribution < 1.29 is 4.79 Å². The van der Waals surface area contributed by atoms with Gasteiger partial charge in [0.15, 0.2) is 5.11 Å². The van der Waals surface area contributed by atoms with Crippen molar-refractivity contribution in [3.63, 3.8) is 0 Å². The first-order valence-corrected chi connectivity index (χ1v) is 7.73. The van der Waals surface area contributed by atoms with Gasteiger partial charge in [0.25, 0.3) is 11.9 Å². The number of nitrogens with one attached hydrogen (secondary N) is 2. The molecule has 2 aromatic rings. The number of nitrogens with zero attached hydrogens (tertiary/aromatic N) is 4. The lowest BCUT2D eigenvalue weighted by Crippen LogP contribution is -2.34. The second kappa shape index (κ2) is 7.28. The minimum atomic E-state index is -0.278. The molecule has 0 fully saturated rings. The molecule has 8 heteroatoms. The normalized spacial score (nSPS) is 10.7. The highest BCUT2D eigenvalue weighted by Crippen LogP contribution is 2.09. The summed E-state index contributed by atoms with van der Waals surface area (Å²) < 4.78 is 0. The number of hydrogen-bond donors (Lipinski definition) is 2. The van der Waals surface area contributed by atoms with Gasteiger partial charge in [-0.25, -0.2) is 0 Å². The summed E-state index contributed by atoms with van der Waals surface area (Å²) in [6, 6.07) is 5.49. The fourth-order valence-corrected chi connectivity index (χ4v) is 2.07. The highest BCUT2D eigenvalue weighted by molar-refractivity contribution is 7.80. The van der Waals surface area contributed by atoms with Gasteiger partial charge in [-0.1, -0.05) is 25.0 Å². The van der Waals surface area contributed by atoms with Crippen LogP contribution < -0.4 is 10.6 Å². The molecule has 0 saturated carbocycles. The minimum absolute atomic E-state index is 0.136. The fourth-order valence-electron chi connectivity index (χ4n) is 1.89. The molecule has 2 N–H and O–H groups in total. The number of thiocarbonyl (C=S) groups is 1. The van der Waals surface area contributed by atoms with Crippen LogP contribution in [0.3, 0.4) is 0 Å². The first-order valence-electron chi connectivity index (χ1n) is 7.32. The van der Waals surface area contributed by atoms with Crippen molar-refractivity contribution in [1.82, 2.24) is 25.5 Å². The highest BCUT2D eigenvalue weighted by Gasteiger charge is 2.11. The van der Waals surface area contributed by atoms with Crippen LogP contribution in [0.5, 0.6) is 0 Å². The molecule has 2 rings (SSSR count). The van der Waals surface area contributed by atoms with E-state index in [-0.39, 0.29) is 17.0 Å². The Balaban J connectivity index is 1.94. The average Bonchev–Trinajstić information content (AvgIpc) is 2.87. The van der Waals surface area contributed by atoms with Crippen LogP contribution in [-0.2, 0) is 6.54 Å². The summed E-state index contributed by atoms with van der Waals surface area (Å²) in [6.07, 6.45) is 0. The summed E-state index contributed by atoms with van der Waals surface area (Å²) >= 11 is 5.11. The molecule has 122 valence electrons. The van der Waals surface area contributed by atoms with Crippen LogP contribution in [-0.4, -0.2) is 31.2 Å². The Kier molecular flexibility index (Phi) is 5.38. The Morgan fingerprint density at radius 2 is 2.04 bits per heavy atom. The van der Waals surface area contributed by atoms with Crippen molar-refractivity contribution in [2.75, 3.05) is 5.32 Å². The fraction of sp³-hybridized carbons (Fsp3) is 0.400. The molecule has 0 aliphatic heterocycles. The Bertz CT molecular complexity index is 725. The lowest BCUT2D eigenvalue weighted by Gasteiger charge is -2.08. The maximum absolute atomic E-state index is 12.2. The van der Waals surface area contributed by atoms with Gasteiger partial charge in [-0.3, -0.25) is 15.4 Å². The summed E-state index contributed by atoms with van der Waals surface area (Å²) in [5.74, 6) is 0.393. The molecular formula is C15H20N6OS. The molecule has 1 aromatic heterocycles. The van der Waals surface area contributed by atoms with Crippen LogP contribution in [0.15, 0.2) is 18.2 Å². The van der Waals surface area contributed by atoms with Crippen molar-refractivity contribution in [1.29, 1.82) is 0 Å². The van der Waals surface area contributed by atoms with Gasteiger partial charge in [0.1, 0.15) is 0 Å². The number of tetrazole rings is 1. The van der Waals surface area contributed by atoms with Gasteiger partial charge in [-0.05, 0) is 60.5 Å². The first kappa shape index (κ1) is 17.0. The molecule has 0 spiro atoms. The van der Waals surface area contributed by atoms with Crippen LogP contribution in [0.25, 0.3) is 0 Å². The maximum atomic E-state index is 12.2. The molecule has 0 saturated heterocycles. The summed E-state index contributed by atoms with van der Waals surface area (Å²) in [5, 5.41) is 17.4.